The van der Waals surface area contributed by atoms with Crippen molar-refractivity contribution in [3.8, 4) is 5.75 Å². The zero-order valence-corrected chi connectivity index (χ0v) is 14.2. The third-order valence-electron chi connectivity index (χ3n) is 3.20. The molecule has 2 aromatic carbocycles. The fourth-order valence-corrected chi connectivity index (χ4v) is 2.55. The van der Waals surface area contributed by atoms with Crippen LogP contribution in [0.25, 0.3) is 0 Å². The molecule has 0 fully saturated rings. The van der Waals surface area contributed by atoms with Gasteiger partial charge in [-0.1, -0.05) is 46.3 Å². The van der Waals surface area contributed by atoms with Gasteiger partial charge in [-0.2, -0.15) is 0 Å². The summed E-state index contributed by atoms with van der Waals surface area (Å²) in [5, 5.41) is 2.61. The number of halogens is 4. The highest BCUT2D eigenvalue weighted by molar-refractivity contribution is 9.10. The molecular formula is C17H15BrF3NO2. The number of nitrogens with one attached hydrogen (secondary N) is 1. The van der Waals surface area contributed by atoms with Gasteiger partial charge in [-0.3, -0.25) is 4.79 Å². The zero-order chi connectivity index (χ0) is 17.6. The Labute approximate surface area is 146 Å². The fraction of sp³-hybridized carbons (Fsp3) is 0.235. The van der Waals surface area contributed by atoms with E-state index in [0.29, 0.717) is 6.42 Å². The maximum absolute atomic E-state index is 12.3. The fourth-order valence-electron chi connectivity index (χ4n) is 2.11. The van der Waals surface area contributed by atoms with Crippen LogP contribution in [0.4, 0.5) is 13.2 Å². The number of carbonyl (C=O) groups is 1. The number of alkyl halides is 3. The molecule has 3 nitrogen and oxygen atoms in total. The zero-order valence-electron chi connectivity index (χ0n) is 12.6. The molecule has 24 heavy (non-hydrogen) atoms. The lowest BCUT2D eigenvalue weighted by atomic mass is 10.1. The van der Waals surface area contributed by atoms with Crippen molar-refractivity contribution in [2.45, 2.75) is 25.7 Å². The van der Waals surface area contributed by atoms with Gasteiger partial charge in [0.05, 0.1) is 0 Å². The topological polar surface area (TPSA) is 38.3 Å². The number of hydrogen-bond donors (Lipinski definition) is 1. The number of aryl methyl sites for hydroxylation is 1. The van der Waals surface area contributed by atoms with Crippen LogP contribution >= 0.6 is 15.9 Å². The molecule has 0 aliphatic heterocycles. The van der Waals surface area contributed by atoms with E-state index in [2.05, 4.69) is 26.0 Å². The van der Waals surface area contributed by atoms with Crippen molar-refractivity contribution in [2.24, 2.45) is 0 Å². The highest BCUT2D eigenvalue weighted by atomic mass is 79.9. The molecule has 1 amide bonds. The summed E-state index contributed by atoms with van der Waals surface area (Å²) in [7, 11) is 0. The molecule has 2 aromatic rings. The van der Waals surface area contributed by atoms with Crippen LogP contribution in [0.1, 0.15) is 17.5 Å². The van der Waals surface area contributed by atoms with Crippen LogP contribution in [-0.4, -0.2) is 12.3 Å². The third kappa shape index (κ3) is 6.23. The molecule has 2 rings (SSSR count). The smallest absolute Gasteiger partial charge is 0.405 e. The van der Waals surface area contributed by atoms with Gasteiger partial charge >= 0.3 is 6.36 Å². The summed E-state index contributed by atoms with van der Waals surface area (Å²) in [6.07, 6.45) is -3.97. The summed E-state index contributed by atoms with van der Waals surface area (Å²) >= 11 is 3.36. The molecule has 0 heterocycles. The maximum atomic E-state index is 12.3. The number of ether oxygens (including phenoxy) is 1. The van der Waals surface area contributed by atoms with E-state index < -0.39 is 6.36 Å². The van der Waals surface area contributed by atoms with Gasteiger partial charge < -0.3 is 10.1 Å². The van der Waals surface area contributed by atoms with Crippen molar-refractivity contribution in [3.05, 3.63) is 64.1 Å². The lowest BCUT2D eigenvalue weighted by Crippen LogP contribution is -2.24. The van der Waals surface area contributed by atoms with E-state index in [1.54, 1.807) is 6.07 Å². The lowest BCUT2D eigenvalue weighted by Gasteiger charge is -2.13. The van der Waals surface area contributed by atoms with Gasteiger partial charge in [0, 0.05) is 23.0 Å². The molecule has 0 aliphatic carbocycles. The summed E-state index contributed by atoms with van der Waals surface area (Å²) < 4.78 is 41.9. The van der Waals surface area contributed by atoms with E-state index in [9.17, 15) is 18.0 Å². The van der Waals surface area contributed by atoms with E-state index >= 15 is 0 Å². The van der Waals surface area contributed by atoms with Gasteiger partial charge in [0.2, 0.25) is 5.91 Å². The second-order valence-corrected chi connectivity index (χ2v) is 5.98. The van der Waals surface area contributed by atoms with Crippen LogP contribution in [-0.2, 0) is 17.8 Å². The standard InChI is InChI=1S/C17H15BrF3NO2/c18-14-6-3-4-12(10-14)8-9-16(23)22-11-13-5-1-2-7-15(13)24-17(19,20)21/h1-7,10H,8-9,11H2,(H,22,23). The molecule has 0 spiro atoms. The van der Waals surface area contributed by atoms with Crippen LogP contribution in [0.2, 0.25) is 0 Å². The Morgan fingerprint density at radius 2 is 1.88 bits per heavy atom. The number of rotatable bonds is 6. The molecule has 0 saturated carbocycles. The average Bonchev–Trinajstić information content (AvgIpc) is 2.51. The van der Waals surface area contributed by atoms with Crippen molar-refractivity contribution < 1.29 is 22.7 Å². The number of para-hydroxylation sites is 1. The first-order valence-electron chi connectivity index (χ1n) is 7.18. The Balaban J connectivity index is 1.88. The van der Waals surface area contributed by atoms with E-state index in [-0.39, 0.29) is 30.2 Å². The van der Waals surface area contributed by atoms with Crippen LogP contribution in [0.15, 0.2) is 53.0 Å². The normalized spacial score (nSPS) is 11.2. The van der Waals surface area contributed by atoms with Gasteiger partial charge in [0.1, 0.15) is 5.75 Å². The Kier molecular flexibility index (Phi) is 6.25. The number of amides is 1. The molecule has 0 radical (unpaired) electrons. The predicted octanol–water partition coefficient (Wildman–Crippen LogP) is 4.60. The second kappa shape index (κ2) is 8.19. The van der Waals surface area contributed by atoms with E-state index in [1.807, 2.05) is 24.3 Å². The van der Waals surface area contributed by atoms with Crippen molar-refractivity contribution in [1.82, 2.24) is 5.32 Å². The first-order chi connectivity index (χ1) is 11.3. The number of carbonyl (C=O) groups excluding carboxylic acids is 1. The molecule has 0 bridgehead atoms. The first-order valence-corrected chi connectivity index (χ1v) is 7.97. The van der Waals surface area contributed by atoms with E-state index in [0.717, 1.165) is 10.0 Å². The predicted molar refractivity (Wildman–Crippen MR) is 87.4 cm³/mol. The first kappa shape index (κ1) is 18.3. The lowest BCUT2D eigenvalue weighted by molar-refractivity contribution is -0.274. The monoisotopic (exact) mass is 401 g/mol. The molecule has 0 saturated heterocycles. The Hall–Kier alpha value is -2.02. The van der Waals surface area contributed by atoms with Gasteiger partial charge in [-0.15, -0.1) is 13.2 Å². The SMILES string of the molecule is O=C(CCc1cccc(Br)c1)NCc1ccccc1OC(F)(F)F. The Morgan fingerprint density at radius 3 is 2.58 bits per heavy atom. The van der Waals surface area contributed by atoms with Crippen molar-refractivity contribution in [1.29, 1.82) is 0 Å². The summed E-state index contributed by atoms with van der Waals surface area (Å²) in [6.45, 7) is -0.0242. The molecule has 128 valence electrons. The van der Waals surface area contributed by atoms with Crippen molar-refractivity contribution >= 4 is 21.8 Å². The largest absolute Gasteiger partial charge is 0.573 e. The minimum atomic E-state index is -4.76. The van der Waals surface area contributed by atoms with Crippen molar-refractivity contribution in [2.75, 3.05) is 0 Å². The van der Waals surface area contributed by atoms with Crippen LogP contribution < -0.4 is 10.1 Å². The summed E-state index contributed by atoms with van der Waals surface area (Å²) in [4.78, 5) is 11.9. The van der Waals surface area contributed by atoms with Crippen molar-refractivity contribution in [3.63, 3.8) is 0 Å². The van der Waals surface area contributed by atoms with Crippen LogP contribution in [0.3, 0.4) is 0 Å². The molecule has 0 atom stereocenters. The molecule has 1 N–H and O–H groups in total. The van der Waals surface area contributed by atoms with Crippen LogP contribution in [0.5, 0.6) is 5.75 Å². The minimum absolute atomic E-state index is 0.0242. The van der Waals surface area contributed by atoms with Gasteiger partial charge in [0.15, 0.2) is 0 Å². The highest BCUT2D eigenvalue weighted by Gasteiger charge is 2.31. The highest BCUT2D eigenvalue weighted by Crippen LogP contribution is 2.26. The number of benzene rings is 2. The summed E-state index contributed by atoms with van der Waals surface area (Å²) in [6, 6.07) is 13.3. The minimum Gasteiger partial charge on any atom is -0.405 e. The quantitative estimate of drug-likeness (QED) is 0.768. The maximum Gasteiger partial charge on any atom is 0.573 e. The number of hydrogen-bond acceptors (Lipinski definition) is 2. The van der Waals surface area contributed by atoms with Crippen LogP contribution in [0, 0.1) is 0 Å². The Morgan fingerprint density at radius 1 is 1.12 bits per heavy atom. The molecular weight excluding hydrogens is 387 g/mol. The summed E-state index contributed by atoms with van der Waals surface area (Å²) in [5.74, 6) is -0.547. The van der Waals surface area contributed by atoms with E-state index in [1.165, 1.54) is 18.2 Å². The third-order valence-corrected chi connectivity index (χ3v) is 3.70. The molecule has 7 heteroatoms. The Bertz CT molecular complexity index is 704. The van der Waals surface area contributed by atoms with Gasteiger partial charge in [-0.25, -0.2) is 0 Å². The van der Waals surface area contributed by atoms with Gasteiger partial charge in [-0.05, 0) is 30.2 Å². The molecule has 0 aromatic heterocycles. The molecule has 0 unspecified atom stereocenters. The van der Waals surface area contributed by atoms with Gasteiger partial charge in [0.25, 0.3) is 0 Å². The second-order valence-electron chi connectivity index (χ2n) is 5.06. The average molecular weight is 402 g/mol. The molecule has 0 aliphatic rings. The summed E-state index contributed by atoms with van der Waals surface area (Å²) in [5.41, 5.74) is 1.27. The van der Waals surface area contributed by atoms with E-state index in [4.69, 9.17) is 0 Å².